The van der Waals surface area contributed by atoms with Gasteiger partial charge in [-0.3, -0.25) is 0 Å². The molecule has 3 rings (SSSR count). The van der Waals surface area contributed by atoms with Crippen LogP contribution < -0.4 is 10.1 Å². The summed E-state index contributed by atoms with van der Waals surface area (Å²) in [5, 5.41) is 4.65. The van der Waals surface area contributed by atoms with Crippen LogP contribution in [0, 0.1) is 0 Å². The van der Waals surface area contributed by atoms with Gasteiger partial charge in [0.1, 0.15) is 5.75 Å². The minimum Gasteiger partial charge on any atom is -0.497 e. The van der Waals surface area contributed by atoms with Gasteiger partial charge < -0.3 is 15.0 Å². The Hall–Kier alpha value is -1.00. The van der Waals surface area contributed by atoms with Gasteiger partial charge in [0.25, 0.3) is 0 Å². The quantitative estimate of drug-likeness (QED) is 0.892. The summed E-state index contributed by atoms with van der Waals surface area (Å²) in [6, 6.07) is 6.18. The van der Waals surface area contributed by atoms with E-state index in [-0.39, 0.29) is 0 Å². The zero-order valence-electron chi connectivity index (χ0n) is 10.4. The van der Waals surface area contributed by atoms with Crippen LogP contribution in [0.1, 0.15) is 24.5 Å². The van der Waals surface area contributed by atoms with Crippen LogP contribution in [0.15, 0.2) is 22.7 Å². The summed E-state index contributed by atoms with van der Waals surface area (Å²) in [7, 11) is 1.70. The van der Waals surface area contributed by atoms with Gasteiger partial charge in [-0.15, -0.1) is 0 Å². The third kappa shape index (κ3) is 2.04. The highest BCUT2D eigenvalue weighted by Gasteiger charge is 2.20. The minimum absolute atomic E-state index is 0.624. The second-order valence-electron chi connectivity index (χ2n) is 4.79. The molecule has 3 nitrogen and oxygen atoms in total. The number of halogens is 1. The minimum atomic E-state index is 0.624. The van der Waals surface area contributed by atoms with Crippen LogP contribution in [-0.4, -0.2) is 25.2 Å². The van der Waals surface area contributed by atoms with Crippen molar-refractivity contribution in [1.82, 2.24) is 10.3 Å². The zero-order valence-corrected chi connectivity index (χ0v) is 12.0. The van der Waals surface area contributed by atoms with E-state index in [4.69, 9.17) is 4.74 Å². The molecule has 0 radical (unpaired) electrons. The van der Waals surface area contributed by atoms with Crippen LogP contribution >= 0.6 is 15.9 Å². The number of ether oxygens (including phenoxy) is 1. The largest absolute Gasteiger partial charge is 0.497 e. The summed E-state index contributed by atoms with van der Waals surface area (Å²) < 4.78 is 6.49. The molecule has 1 saturated heterocycles. The van der Waals surface area contributed by atoms with Crippen molar-refractivity contribution in [2.45, 2.75) is 18.8 Å². The van der Waals surface area contributed by atoms with Gasteiger partial charge in [0.2, 0.25) is 0 Å². The number of hydrogen-bond acceptors (Lipinski definition) is 2. The molecular weight excluding hydrogens is 292 g/mol. The molecule has 0 bridgehead atoms. The van der Waals surface area contributed by atoms with Crippen LogP contribution in [0.3, 0.4) is 0 Å². The van der Waals surface area contributed by atoms with Crippen molar-refractivity contribution in [3.8, 4) is 5.75 Å². The summed E-state index contributed by atoms with van der Waals surface area (Å²) in [6.45, 7) is 2.21. The first kappa shape index (κ1) is 12.1. The Morgan fingerprint density at radius 1 is 1.28 bits per heavy atom. The molecule has 1 aromatic carbocycles. The molecule has 18 heavy (non-hydrogen) atoms. The Bertz CT molecular complexity index is 558. The average Bonchev–Trinajstić information content (AvgIpc) is 2.76. The SMILES string of the molecule is COc1ccc2c(Br)c(C3CCNCC3)[nH]c2c1. The van der Waals surface area contributed by atoms with Crippen molar-refractivity contribution in [1.29, 1.82) is 0 Å². The van der Waals surface area contributed by atoms with E-state index in [0.717, 1.165) is 24.4 Å². The van der Waals surface area contributed by atoms with Crippen molar-refractivity contribution < 1.29 is 4.74 Å². The molecule has 1 aromatic heterocycles. The van der Waals surface area contributed by atoms with Crippen molar-refractivity contribution in [3.63, 3.8) is 0 Å². The molecule has 0 spiro atoms. The lowest BCUT2D eigenvalue weighted by molar-refractivity contribution is 0.415. The molecule has 96 valence electrons. The number of H-pyrrole nitrogens is 1. The molecule has 0 unspecified atom stereocenters. The maximum Gasteiger partial charge on any atom is 0.120 e. The highest BCUT2D eigenvalue weighted by molar-refractivity contribution is 9.10. The molecule has 1 fully saturated rings. The predicted octanol–water partition coefficient (Wildman–Crippen LogP) is 3.41. The van der Waals surface area contributed by atoms with Crippen LogP contribution in [0.25, 0.3) is 10.9 Å². The van der Waals surface area contributed by atoms with Crippen LogP contribution in [0.2, 0.25) is 0 Å². The first-order valence-electron chi connectivity index (χ1n) is 6.35. The van der Waals surface area contributed by atoms with Crippen LogP contribution in [-0.2, 0) is 0 Å². The van der Waals surface area contributed by atoms with Crippen molar-refractivity contribution >= 4 is 26.8 Å². The smallest absolute Gasteiger partial charge is 0.120 e. The molecule has 0 amide bonds. The monoisotopic (exact) mass is 308 g/mol. The number of nitrogens with one attached hydrogen (secondary N) is 2. The molecule has 1 aliphatic heterocycles. The number of methoxy groups -OCH3 is 1. The van der Waals surface area contributed by atoms with Gasteiger partial charge >= 0.3 is 0 Å². The predicted molar refractivity (Wildman–Crippen MR) is 77.4 cm³/mol. The number of hydrogen-bond donors (Lipinski definition) is 2. The second-order valence-corrected chi connectivity index (χ2v) is 5.58. The lowest BCUT2D eigenvalue weighted by Crippen LogP contribution is -2.26. The number of piperidine rings is 1. The molecule has 0 aliphatic carbocycles. The molecule has 0 saturated carbocycles. The molecule has 4 heteroatoms. The van der Waals surface area contributed by atoms with Gasteiger partial charge in [-0.05, 0) is 54.0 Å². The van der Waals surface area contributed by atoms with E-state index >= 15 is 0 Å². The fraction of sp³-hybridized carbons (Fsp3) is 0.429. The maximum atomic E-state index is 5.27. The van der Waals surface area contributed by atoms with Gasteiger partial charge in [0.05, 0.1) is 12.6 Å². The summed E-state index contributed by atoms with van der Waals surface area (Å²) in [4.78, 5) is 3.55. The molecule has 1 aliphatic rings. The Labute approximate surface area is 115 Å². The van der Waals surface area contributed by atoms with Crippen LogP contribution in [0.5, 0.6) is 5.75 Å². The molecule has 2 N–H and O–H groups in total. The van der Waals surface area contributed by atoms with Crippen molar-refractivity contribution in [2.75, 3.05) is 20.2 Å². The molecule has 2 heterocycles. The average molecular weight is 309 g/mol. The molecule has 2 aromatic rings. The number of aromatic nitrogens is 1. The molecule has 0 atom stereocenters. The first-order chi connectivity index (χ1) is 8.79. The fourth-order valence-electron chi connectivity index (χ4n) is 2.68. The maximum absolute atomic E-state index is 5.27. The highest BCUT2D eigenvalue weighted by atomic mass is 79.9. The van der Waals surface area contributed by atoms with Gasteiger partial charge in [0.15, 0.2) is 0 Å². The van der Waals surface area contributed by atoms with E-state index in [0.29, 0.717) is 5.92 Å². The Balaban J connectivity index is 2.04. The highest BCUT2D eigenvalue weighted by Crippen LogP contribution is 2.37. The topological polar surface area (TPSA) is 37.0 Å². The first-order valence-corrected chi connectivity index (χ1v) is 7.14. The Morgan fingerprint density at radius 3 is 2.78 bits per heavy atom. The Kier molecular flexibility index (Phi) is 3.31. The van der Waals surface area contributed by atoms with E-state index in [1.54, 1.807) is 7.11 Å². The number of aromatic amines is 1. The van der Waals surface area contributed by atoms with Gasteiger partial charge in [-0.25, -0.2) is 0 Å². The van der Waals surface area contributed by atoms with Gasteiger partial charge in [0, 0.05) is 27.5 Å². The Morgan fingerprint density at radius 2 is 2.06 bits per heavy atom. The zero-order chi connectivity index (χ0) is 12.5. The van der Waals surface area contributed by atoms with E-state index in [1.807, 2.05) is 6.07 Å². The standard InChI is InChI=1S/C14H17BrN2O/c1-18-10-2-3-11-12(8-10)17-14(13(11)15)9-4-6-16-7-5-9/h2-3,8-9,16-17H,4-7H2,1H3. The number of benzene rings is 1. The third-order valence-electron chi connectivity index (χ3n) is 3.72. The lowest BCUT2D eigenvalue weighted by Gasteiger charge is -2.22. The molecular formula is C14H17BrN2O. The fourth-order valence-corrected chi connectivity index (χ4v) is 3.45. The summed E-state index contributed by atoms with van der Waals surface area (Å²) >= 11 is 3.74. The van der Waals surface area contributed by atoms with E-state index in [9.17, 15) is 0 Å². The summed E-state index contributed by atoms with van der Waals surface area (Å²) in [6.07, 6.45) is 2.39. The number of rotatable bonds is 2. The van der Waals surface area contributed by atoms with Gasteiger partial charge in [-0.2, -0.15) is 0 Å². The second kappa shape index (κ2) is 4.94. The van der Waals surface area contributed by atoms with Crippen molar-refractivity contribution in [2.24, 2.45) is 0 Å². The summed E-state index contributed by atoms with van der Waals surface area (Å²) in [5.41, 5.74) is 2.48. The van der Waals surface area contributed by atoms with Crippen LogP contribution in [0.4, 0.5) is 0 Å². The lowest BCUT2D eigenvalue weighted by atomic mass is 9.95. The van der Waals surface area contributed by atoms with Crippen molar-refractivity contribution in [3.05, 3.63) is 28.4 Å². The summed E-state index contributed by atoms with van der Waals surface area (Å²) in [5.74, 6) is 1.52. The van der Waals surface area contributed by atoms with E-state index in [2.05, 4.69) is 38.4 Å². The van der Waals surface area contributed by atoms with E-state index < -0.39 is 0 Å². The van der Waals surface area contributed by atoms with E-state index in [1.165, 1.54) is 28.4 Å². The van der Waals surface area contributed by atoms with Gasteiger partial charge in [-0.1, -0.05) is 0 Å². The number of fused-ring (bicyclic) bond motifs is 1. The third-order valence-corrected chi connectivity index (χ3v) is 4.57. The normalized spacial score (nSPS) is 17.2.